The summed E-state index contributed by atoms with van der Waals surface area (Å²) in [6, 6.07) is 2.78. The van der Waals surface area contributed by atoms with Crippen molar-refractivity contribution in [2.24, 2.45) is 5.73 Å². The molecule has 0 aliphatic heterocycles. The third-order valence-corrected chi connectivity index (χ3v) is 3.98. The zero-order valence-corrected chi connectivity index (χ0v) is 13.9. The summed E-state index contributed by atoms with van der Waals surface area (Å²) >= 11 is 0. The van der Waals surface area contributed by atoms with Gasteiger partial charge in [-0.2, -0.15) is 0 Å². The first kappa shape index (κ1) is 21.9. The Morgan fingerprint density at radius 3 is 2.52 bits per heavy atom. The van der Waals surface area contributed by atoms with Gasteiger partial charge in [-0.3, -0.25) is 0 Å². The molecule has 0 spiro atoms. The van der Waals surface area contributed by atoms with Gasteiger partial charge in [-0.15, -0.1) is 12.4 Å². The van der Waals surface area contributed by atoms with Crippen LogP contribution in [0.1, 0.15) is 0 Å². The maximum absolute atomic E-state index is 13.3. The van der Waals surface area contributed by atoms with Crippen molar-refractivity contribution in [3.05, 3.63) is 24.0 Å². The summed E-state index contributed by atoms with van der Waals surface area (Å²) < 4.78 is 75.0. The van der Waals surface area contributed by atoms with Crippen LogP contribution >= 0.6 is 12.4 Å². The topological polar surface area (TPSA) is 90.6 Å². The van der Waals surface area contributed by atoms with E-state index in [1.807, 2.05) is 0 Å². The lowest BCUT2D eigenvalue weighted by atomic mass is 10.3. The minimum Gasteiger partial charge on any atom is -0.490 e. The van der Waals surface area contributed by atoms with Crippen LogP contribution in [0.3, 0.4) is 0 Å². The van der Waals surface area contributed by atoms with Gasteiger partial charge in [0.15, 0.2) is 0 Å². The molecule has 0 saturated heterocycles. The van der Waals surface area contributed by atoms with Crippen LogP contribution in [0, 0.1) is 5.82 Å². The van der Waals surface area contributed by atoms with Crippen LogP contribution in [0.5, 0.6) is 5.75 Å². The summed E-state index contributed by atoms with van der Waals surface area (Å²) in [5, 5.41) is 0. The van der Waals surface area contributed by atoms with Gasteiger partial charge >= 0.3 is 0 Å². The monoisotopic (exact) mass is 378 g/mol. The lowest BCUT2D eigenvalue weighted by Gasteiger charge is -2.16. The van der Waals surface area contributed by atoms with Crippen molar-refractivity contribution >= 4 is 22.4 Å². The summed E-state index contributed by atoms with van der Waals surface area (Å²) in [5.41, 5.74) is 4.83. The van der Waals surface area contributed by atoms with Crippen molar-refractivity contribution in [3.8, 4) is 5.75 Å². The molecule has 1 rings (SSSR count). The van der Waals surface area contributed by atoms with Crippen LogP contribution < -0.4 is 15.2 Å². The minimum absolute atomic E-state index is 0. The lowest BCUT2D eigenvalue weighted by Crippen LogP contribution is -2.41. The zero-order valence-electron chi connectivity index (χ0n) is 12.2. The molecule has 6 nitrogen and oxygen atoms in total. The molecule has 0 amide bonds. The molecule has 0 heterocycles. The third-order valence-electron chi connectivity index (χ3n) is 2.56. The van der Waals surface area contributed by atoms with Crippen LogP contribution in [0.4, 0.5) is 13.2 Å². The maximum atomic E-state index is 13.3. The first-order valence-corrected chi connectivity index (χ1v) is 7.69. The standard InChI is InChI=1S/C12H17F3N2O4S.ClH/c1-20-4-5-21-10-3-2-9(13)6-11(10)22(18,19)17-8-12(14,15)7-16;/h2-3,6,17H,4-5,7-8,16H2,1H3;1H. The Morgan fingerprint density at radius 1 is 1.30 bits per heavy atom. The summed E-state index contributed by atoms with van der Waals surface area (Å²) in [4.78, 5) is -0.573. The molecule has 3 N–H and O–H groups in total. The van der Waals surface area contributed by atoms with Gasteiger partial charge in [-0.1, -0.05) is 0 Å². The number of methoxy groups -OCH3 is 1. The molecular formula is C12H18ClF3N2O4S. The predicted octanol–water partition coefficient (Wildman–Crippen LogP) is 1.15. The average Bonchev–Trinajstić information content (AvgIpc) is 2.47. The summed E-state index contributed by atoms with van der Waals surface area (Å²) in [6.45, 7) is -2.02. The van der Waals surface area contributed by atoms with Crippen molar-refractivity contribution in [2.45, 2.75) is 10.8 Å². The number of nitrogens with one attached hydrogen (secondary N) is 1. The second-order valence-corrected chi connectivity index (χ2v) is 6.05. The Labute approximate surface area is 138 Å². The maximum Gasteiger partial charge on any atom is 0.273 e. The smallest absolute Gasteiger partial charge is 0.273 e. The first-order valence-electron chi connectivity index (χ1n) is 6.21. The fourth-order valence-corrected chi connectivity index (χ4v) is 2.61. The third kappa shape index (κ3) is 6.92. The van der Waals surface area contributed by atoms with Gasteiger partial charge in [0.05, 0.1) is 19.7 Å². The molecule has 1 aromatic carbocycles. The molecule has 0 aliphatic rings. The molecule has 0 fully saturated rings. The molecule has 23 heavy (non-hydrogen) atoms. The van der Waals surface area contributed by atoms with Gasteiger partial charge in [0.2, 0.25) is 10.0 Å². The molecule has 0 unspecified atom stereocenters. The van der Waals surface area contributed by atoms with Gasteiger partial charge in [-0.25, -0.2) is 26.3 Å². The van der Waals surface area contributed by atoms with Crippen LogP contribution in [0.2, 0.25) is 0 Å². The summed E-state index contributed by atoms with van der Waals surface area (Å²) in [6.07, 6.45) is 0. The lowest BCUT2D eigenvalue weighted by molar-refractivity contribution is 0.0170. The van der Waals surface area contributed by atoms with Crippen molar-refractivity contribution < 1.29 is 31.1 Å². The van der Waals surface area contributed by atoms with E-state index in [0.717, 1.165) is 12.1 Å². The number of nitrogens with two attached hydrogens (primary N) is 1. The highest BCUT2D eigenvalue weighted by Crippen LogP contribution is 2.25. The van der Waals surface area contributed by atoms with Gasteiger partial charge < -0.3 is 15.2 Å². The van der Waals surface area contributed by atoms with Gasteiger partial charge in [0, 0.05) is 7.11 Å². The molecular weight excluding hydrogens is 361 g/mol. The van der Waals surface area contributed by atoms with Gasteiger partial charge in [0.25, 0.3) is 5.92 Å². The number of halogens is 4. The van der Waals surface area contributed by atoms with E-state index in [9.17, 15) is 21.6 Å². The fraction of sp³-hybridized carbons (Fsp3) is 0.500. The quantitative estimate of drug-likeness (QED) is 0.629. The Hall–Kier alpha value is -1.07. The number of sulfonamides is 1. The molecule has 0 bridgehead atoms. The van der Waals surface area contributed by atoms with E-state index in [2.05, 4.69) is 0 Å². The molecule has 0 saturated carbocycles. The van der Waals surface area contributed by atoms with Crippen LogP contribution in [-0.4, -0.2) is 47.8 Å². The Morgan fingerprint density at radius 2 is 1.96 bits per heavy atom. The van der Waals surface area contributed by atoms with Crippen molar-refractivity contribution in [1.29, 1.82) is 0 Å². The number of hydrogen-bond donors (Lipinski definition) is 2. The molecule has 0 aliphatic carbocycles. The number of benzene rings is 1. The zero-order chi connectivity index (χ0) is 16.8. The Bertz CT molecular complexity index is 602. The summed E-state index contributed by atoms with van der Waals surface area (Å²) in [7, 11) is -2.97. The van der Waals surface area contributed by atoms with Crippen LogP contribution in [0.15, 0.2) is 23.1 Å². The van der Waals surface area contributed by atoms with E-state index < -0.39 is 39.7 Å². The van der Waals surface area contributed by atoms with Crippen molar-refractivity contribution in [1.82, 2.24) is 4.72 Å². The van der Waals surface area contributed by atoms with Gasteiger partial charge in [0.1, 0.15) is 23.1 Å². The molecule has 1 aromatic rings. The van der Waals surface area contributed by atoms with Crippen LogP contribution in [0.25, 0.3) is 0 Å². The van der Waals surface area contributed by atoms with Gasteiger partial charge in [-0.05, 0) is 18.2 Å². The highest BCUT2D eigenvalue weighted by atomic mass is 35.5. The Kier molecular flexibility index (Phi) is 8.85. The second-order valence-electron chi connectivity index (χ2n) is 4.32. The van der Waals surface area contributed by atoms with Crippen molar-refractivity contribution in [3.63, 3.8) is 0 Å². The minimum atomic E-state index is -4.39. The van der Waals surface area contributed by atoms with E-state index in [-0.39, 0.29) is 31.4 Å². The molecule has 11 heteroatoms. The SMILES string of the molecule is COCCOc1ccc(F)cc1S(=O)(=O)NCC(F)(F)CN.Cl. The number of hydrogen-bond acceptors (Lipinski definition) is 5. The average molecular weight is 379 g/mol. The number of ether oxygens (including phenoxy) is 2. The van der Waals surface area contributed by atoms with Crippen LogP contribution in [-0.2, 0) is 14.8 Å². The van der Waals surface area contributed by atoms with E-state index in [0.29, 0.717) is 6.07 Å². The Balaban J connectivity index is 0.00000484. The van der Waals surface area contributed by atoms with E-state index in [4.69, 9.17) is 15.2 Å². The normalized spacial score (nSPS) is 11.9. The summed E-state index contributed by atoms with van der Waals surface area (Å²) in [5.74, 6) is -4.41. The van der Waals surface area contributed by atoms with Crippen molar-refractivity contribution in [2.75, 3.05) is 33.4 Å². The first-order chi connectivity index (χ1) is 10.2. The molecule has 134 valence electrons. The second kappa shape index (κ2) is 9.28. The van der Waals surface area contributed by atoms with E-state index >= 15 is 0 Å². The number of rotatable bonds is 9. The molecule has 0 radical (unpaired) electrons. The number of alkyl halides is 2. The molecule has 0 aromatic heterocycles. The van der Waals surface area contributed by atoms with E-state index in [1.165, 1.54) is 7.11 Å². The largest absolute Gasteiger partial charge is 0.490 e. The molecule has 0 atom stereocenters. The van der Waals surface area contributed by atoms with E-state index in [1.54, 1.807) is 4.72 Å². The highest BCUT2D eigenvalue weighted by Gasteiger charge is 2.30. The predicted molar refractivity (Wildman–Crippen MR) is 80.2 cm³/mol. The highest BCUT2D eigenvalue weighted by molar-refractivity contribution is 7.89. The fourth-order valence-electron chi connectivity index (χ4n) is 1.40.